The first-order valence-corrected chi connectivity index (χ1v) is 10.0. The van der Waals surface area contributed by atoms with Crippen LogP contribution in [0.4, 0.5) is 11.4 Å². The SMILES string of the molecule is C[C@@H]1Cc2ccccc2N1CC(=O)Nc1cccc2c1C(=O)c1ccccc1C2=O. The zero-order valence-corrected chi connectivity index (χ0v) is 16.5. The molecule has 5 heteroatoms. The normalized spacial score (nSPS) is 16.7. The molecule has 1 atom stereocenters. The predicted octanol–water partition coefficient (Wildman–Crippen LogP) is 3.85. The van der Waals surface area contributed by atoms with Gasteiger partial charge in [-0.25, -0.2) is 0 Å². The average molecular weight is 396 g/mol. The van der Waals surface area contributed by atoms with E-state index in [-0.39, 0.29) is 35.6 Å². The second-order valence-corrected chi connectivity index (χ2v) is 7.79. The van der Waals surface area contributed by atoms with Gasteiger partial charge in [0.15, 0.2) is 11.6 Å². The van der Waals surface area contributed by atoms with Crippen LogP contribution >= 0.6 is 0 Å². The van der Waals surface area contributed by atoms with Crippen LogP contribution < -0.4 is 10.2 Å². The number of anilines is 2. The number of amides is 1. The molecule has 5 nitrogen and oxygen atoms in total. The van der Waals surface area contributed by atoms with Gasteiger partial charge in [-0.15, -0.1) is 0 Å². The number of para-hydroxylation sites is 1. The summed E-state index contributed by atoms with van der Waals surface area (Å²) in [7, 11) is 0. The van der Waals surface area contributed by atoms with Gasteiger partial charge < -0.3 is 10.2 Å². The van der Waals surface area contributed by atoms with E-state index in [4.69, 9.17) is 0 Å². The maximum absolute atomic E-state index is 13.1. The van der Waals surface area contributed by atoms with Crippen LogP contribution in [0.2, 0.25) is 0 Å². The molecule has 2 aliphatic rings. The molecule has 0 radical (unpaired) electrons. The number of carbonyl (C=O) groups excluding carboxylic acids is 3. The summed E-state index contributed by atoms with van der Waals surface area (Å²) < 4.78 is 0. The summed E-state index contributed by atoms with van der Waals surface area (Å²) in [5, 5.41) is 2.88. The van der Waals surface area contributed by atoms with E-state index in [1.165, 1.54) is 5.56 Å². The Morgan fingerprint density at radius 3 is 2.37 bits per heavy atom. The molecule has 0 saturated heterocycles. The highest BCUT2D eigenvalue weighted by atomic mass is 16.2. The van der Waals surface area contributed by atoms with E-state index in [0.29, 0.717) is 22.4 Å². The highest BCUT2D eigenvalue weighted by Gasteiger charge is 2.32. The van der Waals surface area contributed by atoms with Crippen LogP contribution in [-0.4, -0.2) is 30.1 Å². The Balaban J connectivity index is 1.44. The quantitative estimate of drug-likeness (QED) is 0.571. The molecule has 1 heterocycles. The third kappa shape index (κ3) is 2.82. The lowest BCUT2D eigenvalue weighted by atomic mass is 9.83. The lowest BCUT2D eigenvalue weighted by Crippen LogP contribution is -2.37. The monoisotopic (exact) mass is 396 g/mol. The number of nitrogens with one attached hydrogen (secondary N) is 1. The Hall–Kier alpha value is -3.73. The molecule has 1 aliphatic carbocycles. The summed E-state index contributed by atoms with van der Waals surface area (Å²) in [6, 6.07) is 20.1. The van der Waals surface area contributed by atoms with Crippen molar-refractivity contribution in [2.75, 3.05) is 16.8 Å². The number of fused-ring (bicyclic) bond motifs is 3. The van der Waals surface area contributed by atoms with Crippen molar-refractivity contribution in [2.45, 2.75) is 19.4 Å². The molecular weight excluding hydrogens is 376 g/mol. The van der Waals surface area contributed by atoms with Crippen molar-refractivity contribution in [1.29, 1.82) is 0 Å². The van der Waals surface area contributed by atoms with E-state index in [0.717, 1.165) is 12.1 Å². The fourth-order valence-electron chi connectivity index (χ4n) is 4.46. The second-order valence-electron chi connectivity index (χ2n) is 7.79. The Kier molecular flexibility index (Phi) is 4.24. The smallest absolute Gasteiger partial charge is 0.243 e. The zero-order chi connectivity index (χ0) is 20.8. The number of nitrogens with zero attached hydrogens (tertiary/aromatic N) is 1. The minimum absolute atomic E-state index is 0.181. The third-order valence-electron chi connectivity index (χ3n) is 5.89. The second kappa shape index (κ2) is 6.95. The van der Waals surface area contributed by atoms with Crippen LogP contribution in [0.25, 0.3) is 0 Å². The predicted molar refractivity (Wildman–Crippen MR) is 115 cm³/mol. The molecule has 0 unspecified atom stereocenters. The van der Waals surface area contributed by atoms with E-state index in [2.05, 4.69) is 23.2 Å². The Labute approximate surface area is 174 Å². The van der Waals surface area contributed by atoms with Crippen molar-refractivity contribution in [3.8, 4) is 0 Å². The number of benzene rings is 3. The minimum atomic E-state index is -0.240. The van der Waals surface area contributed by atoms with Gasteiger partial charge in [-0.2, -0.15) is 0 Å². The highest BCUT2D eigenvalue weighted by Crippen LogP contribution is 2.33. The molecular formula is C25H20N2O3. The van der Waals surface area contributed by atoms with E-state index in [1.54, 1.807) is 42.5 Å². The standard InChI is InChI=1S/C25H20N2O3/c1-15-13-16-7-2-5-12-21(16)27(15)14-22(28)26-20-11-6-10-19-23(20)25(30)18-9-4-3-8-17(18)24(19)29/h2-12,15H,13-14H2,1H3,(H,26,28)/t15-/m1/s1. The van der Waals surface area contributed by atoms with Gasteiger partial charge in [0.25, 0.3) is 0 Å². The van der Waals surface area contributed by atoms with Crippen LogP contribution in [0.3, 0.4) is 0 Å². The number of hydrogen-bond acceptors (Lipinski definition) is 4. The Bertz CT molecular complexity index is 1210. The molecule has 1 N–H and O–H groups in total. The largest absolute Gasteiger partial charge is 0.359 e. The van der Waals surface area contributed by atoms with Gasteiger partial charge in [0.05, 0.1) is 17.8 Å². The summed E-state index contributed by atoms with van der Waals surface area (Å²) in [6.07, 6.45) is 0.897. The van der Waals surface area contributed by atoms with Crippen molar-refractivity contribution >= 4 is 28.8 Å². The summed E-state index contributed by atoms with van der Waals surface area (Å²) in [5.41, 5.74) is 4.05. The molecule has 1 aliphatic heterocycles. The first kappa shape index (κ1) is 18.3. The lowest BCUT2D eigenvalue weighted by molar-refractivity contribution is -0.115. The van der Waals surface area contributed by atoms with Crippen LogP contribution in [0.15, 0.2) is 66.7 Å². The summed E-state index contributed by atoms with van der Waals surface area (Å²) in [4.78, 5) is 40.9. The minimum Gasteiger partial charge on any atom is -0.359 e. The van der Waals surface area contributed by atoms with Gasteiger partial charge in [0, 0.05) is 28.4 Å². The van der Waals surface area contributed by atoms with Gasteiger partial charge in [-0.3, -0.25) is 14.4 Å². The maximum atomic E-state index is 13.1. The molecule has 3 aromatic carbocycles. The van der Waals surface area contributed by atoms with Crippen molar-refractivity contribution in [1.82, 2.24) is 0 Å². The molecule has 0 fully saturated rings. The molecule has 0 aromatic heterocycles. The van der Waals surface area contributed by atoms with Crippen molar-refractivity contribution in [3.05, 3.63) is 94.5 Å². The zero-order valence-electron chi connectivity index (χ0n) is 16.5. The third-order valence-corrected chi connectivity index (χ3v) is 5.89. The fourth-order valence-corrected chi connectivity index (χ4v) is 4.46. The molecule has 148 valence electrons. The van der Waals surface area contributed by atoms with Gasteiger partial charge in [0.2, 0.25) is 5.91 Å². The van der Waals surface area contributed by atoms with E-state index in [9.17, 15) is 14.4 Å². The Morgan fingerprint density at radius 1 is 0.900 bits per heavy atom. The molecule has 0 saturated carbocycles. The van der Waals surface area contributed by atoms with Crippen molar-refractivity contribution < 1.29 is 14.4 Å². The summed E-state index contributed by atoms with van der Waals surface area (Å²) in [6.45, 7) is 2.28. The molecule has 5 rings (SSSR count). The van der Waals surface area contributed by atoms with E-state index < -0.39 is 0 Å². The van der Waals surface area contributed by atoms with Gasteiger partial charge in [0.1, 0.15) is 0 Å². The molecule has 1 amide bonds. The molecule has 0 bridgehead atoms. The molecule has 3 aromatic rings. The average Bonchev–Trinajstić information content (AvgIpc) is 3.07. The lowest BCUT2D eigenvalue weighted by Gasteiger charge is -2.25. The van der Waals surface area contributed by atoms with Crippen LogP contribution in [-0.2, 0) is 11.2 Å². The number of carbonyl (C=O) groups is 3. The molecule has 0 spiro atoms. The van der Waals surface area contributed by atoms with Crippen LogP contribution in [0, 0.1) is 0 Å². The number of hydrogen-bond donors (Lipinski definition) is 1. The van der Waals surface area contributed by atoms with E-state index in [1.807, 2.05) is 18.2 Å². The van der Waals surface area contributed by atoms with Gasteiger partial charge >= 0.3 is 0 Å². The first-order chi connectivity index (χ1) is 14.5. The maximum Gasteiger partial charge on any atom is 0.243 e. The number of ketones is 2. The Morgan fingerprint density at radius 2 is 1.57 bits per heavy atom. The highest BCUT2D eigenvalue weighted by molar-refractivity contribution is 6.30. The molecule has 30 heavy (non-hydrogen) atoms. The van der Waals surface area contributed by atoms with Gasteiger partial charge in [-0.1, -0.05) is 54.6 Å². The first-order valence-electron chi connectivity index (χ1n) is 10.0. The summed E-state index contributed by atoms with van der Waals surface area (Å²) in [5.74, 6) is -0.652. The van der Waals surface area contributed by atoms with E-state index >= 15 is 0 Å². The fraction of sp³-hybridized carbons (Fsp3) is 0.160. The topological polar surface area (TPSA) is 66.5 Å². The number of rotatable bonds is 3. The summed E-state index contributed by atoms with van der Waals surface area (Å²) >= 11 is 0. The van der Waals surface area contributed by atoms with Crippen molar-refractivity contribution in [3.63, 3.8) is 0 Å². The van der Waals surface area contributed by atoms with Gasteiger partial charge in [-0.05, 0) is 31.0 Å². The van der Waals surface area contributed by atoms with Crippen molar-refractivity contribution in [2.24, 2.45) is 0 Å². The van der Waals surface area contributed by atoms with Crippen LogP contribution in [0.5, 0.6) is 0 Å². The van der Waals surface area contributed by atoms with Crippen LogP contribution in [0.1, 0.15) is 44.3 Å².